The molecule has 1 heterocycles. The van der Waals surface area contributed by atoms with Gasteiger partial charge in [-0.25, -0.2) is 9.59 Å². The molecule has 0 radical (unpaired) electrons. The molecular weight excluding hydrogens is 357 g/mol. The summed E-state index contributed by atoms with van der Waals surface area (Å²) in [4.78, 5) is 35.0. The van der Waals surface area contributed by atoms with Gasteiger partial charge in [-0.1, -0.05) is 0 Å². The molecular formula is C16H15F3N2O5. The molecule has 1 fully saturated rings. The lowest BCUT2D eigenvalue weighted by atomic mass is 10.1. The molecule has 1 aromatic carbocycles. The number of ether oxygens (including phenoxy) is 2. The molecule has 1 amide bonds. The number of hydrogen-bond donors (Lipinski definition) is 2. The Labute approximate surface area is 146 Å². The molecule has 0 spiro atoms. The molecule has 1 unspecified atom stereocenters. The topological polar surface area (TPSA) is 93.7 Å². The van der Waals surface area contributed by atoms with E-state index in [2.05, 4.69) is 15.4 Å². The average Bonchev–Trinajstić information content (AvgIpc) is 2.77. The van der Waals surface area contributed by atoms with E-state index >= 15 is 0 Å². The first-order valence-corrected chi connectivity index (χ1v) is 7.40. The molecule has 10 heteroatoms. The van der Waals surface area contributed by atoms with Crippen LogP contribution in [0.4, 0.5) is 13.2 Å². The zero-order valence-electron chi connectivity index (χ0n) is 13.6. The van der Waals surface area contributed by atoms with Crippen molar-refractivity contribution in [2.75, 3.05) is 20.2 Å². The van der Waals surface area contributed by atoms with Gasteiger partial charge in [0, 0.05) is 0 Å². The van der Waals surface area contributed by atoms with E-state index < -0.39 is 35.7 Å². The summed E-state index contributed by atoms with van der Waals surface area (Å²) in [5.74, 6) is -2.15. The van der Waals surface area contributed by atoms with E-state index in [-0.39, 0.29) is 24.4 Å². The van der Waals surface area contributed by atoms with Crippen molar-refractivity contribution in [1.82, 2.24) is 10.6 Å². The second-order valence-corrected chi connectivity index (χ2v) is 5.27. The van der Waals surface area contributed by atoms with E-state index in [0.717, 1.165) is 37.5 Å². The maximum absolute atomic E-state index is 12.5. The zero-order chi connectivity index (χ0) is 19.3. The van der Waals surface area contributed by atoms with Crippen LogP contribution in [0.3, 0.4) is 0 Å². The Morgan fingerprint density at radius 3 is 2.35 bits per heavy atom. The number of carbonyl (C=O) groups excluding carboxylic acids is 3. The van der Waals surface area contributed by atoms with Crippen molar-refractivity contribution in [3.63, 3.8) is 0 Å². The van der Waals surface area contributed by atoms with Gasteiger partial charge in [0.05, 0.1) is 37.4 Å². The van der Waals surface area contributed by atoms with E-state index in [1.165, 1.54) is 0 Å². The van der Waals surface area contributed by atoms with Crippen molar-refractivity contribution in [2.45, 2.75) is 12.3 Å². The summed E-state index contributed by atoms with van der Waals surface area (Å²) in [5, 5.41) is 5.11. The fourth-order valence-corrected chi connectivity index (χ4v) is 2.07. The van der Waals surface area contributed by atoms with Crippen LogP contribution in [0, 0.1) is 0 Å². The zero-order valence-corrected chi connectivity index (χ0v) is 13.6. The Hall–Kier alpha value is -3.04. The first kappa shape index (κ1) is 19.3. The van der Waals surface area contributed by atoms with Crippen LogP contribution in [-0.2, 0) is 25.2 Å². The lowest BCUT2D eigenvalue weighted by molar-refractivity contribution is -0.137. The summed E-state index contributed by atoms with van der Waals surface area (Å²) < 4.78 is 47.2. The molecule has 0 aliphatic carbocycles. The molecule has 0 bridgehead atoms. The molecule has 2 N–H and O–H groups in total. The highest BCUT2D eigenvalue weighted by molar-refractivity contribution is 5.99. The van der Waals surface area contributed by atoms with Gasteiger partial charge >= 0.3 is 18.1 Å². The third-order valence-electron chi connectivity index (χ3n) is 3.44. The van der Waals surface area contributed by atoms with Gasteiger partial charge < -0.3 is 20.1 Å². The molecule has 1 atom stereocenters. The largest absolute Gasteiger partial charge is 0.466 e. The van der Waals surface area contributed by atoms with E-state index in [9.17, 15) is 27.6 Å². The second kappa shape index (κ2) is 7.89. The molecule has 0 aromatic heterocycles. The van der Waals surface area contributed by atoms with Gasteiger partial charge in [0.2, 0.25) is 0 Å². The fourth-order valence-electron chi connectivity index (χ4n) is 2.07. The smallest absolute Gasteiger partial charge is 0.416 e. The first-order valence-electron chi connectivity index (χ1n) is 7.40. The molecule has 1 aromatic rings. The molecule has 1 saturated heterocycles. The van der Waals surface area contributed by atoms with Gasteiger partial charge in [-0.3, -0.25) is 4.79 Å². The summed E-state index contributed by atoms with van der Waals surface area (Å²) >= 11 is 0. The SMILES string of the molecule is COC(=O)C=C1NCC(OC(=O)c2ccc(C(F)(F)F)cc2)CNC1=O. The Bertz CT molecular complexity index is 728. The fraction of sp³-hybridized carbons (Fsp3) is 0.312. The number of halogens is 3. The van der Waals surface area contributed by atoms with Crippen LogP contribution in [0.2, 0.25) is 0 Å². The lowest BCUT2D eigenvalue weighted by Crippen LogP contribution is -2.34. The number of amides is 1. The number of hydrogen-bond acceptors (Lipinski definition) is 6. The number of alkyl halides is 3. The monoisotopic (exact) mass is 372 g/mol. The van der Waals surface area contributed by atoms with E-state index in [1.807, 2.05) is 0 Å². The number of rotatable bonds is 3. The average molecular weight is 372 g/mol. The first-order chi connectivity index (χ1) is 12.2. The van der Waals surface area contributed by atoms with Gasteiger partial charge in [-0.2, -0.15) is 13.2 Å². The van der Waals surface area contributed by atoms with E-state index in [4.69, 9.17) is 4.74 Å². The molecule has 2 rings (SSSR count). The summed E-state index contributed by atoms with van der Waals surface area (Å²) in [7, 11) is 1.16. The number of carbonyl (C=O) groups is 3. The molecule has 140 valence electrons. The van der Waals surface area contributed by atoms with Gasteiger partial charge in [0.15, 0.2) is 0 Å². The summed E-state index contributed by atoms with van der Waals surface area (Å²) in [6.45, 7) is -0.00926. The minimum Gasteiger partial charge on any atom is -0.466 e. The van der Waals surface area contributed by atoms with Crippen LogP contribution >= 0.6 is 0 Å². The summed E-state index contributed by atoms with van der Waals surface area (Å²) in [5.41, 5.74) is -0.987. The van der Waals surface area contributed by atoms with Gasteiger partial charge in [0.25, 0.3) is 5.91 Å². The van der Waals surface area contributed by atoms with Crippen LogP contribution in [0.25, 0.3) is 0 Å². The number of esters is 2. The molecule has 7 nitrogen and oxygen atoms in total. The minimum absolute atomic E-state index is 0.0218. The normalized spacial score (nSPS) is 19.2. The third kappa shape index (κ3) is 4.98. The van der Waals surface area contributed by atoms with E-state index in [0.29, 0.717) is 0 Å². The quantitative estimate of drug-likeness (QED) is 0.608. The Morgan fingerprint density at radius 2 is 1.77 bits per heavy atom. The molecule has 0 saturated carbocycles. The summed E-state index contributed by atoms with van der Waals surface area (Å²) in [6, 6.07) is 3.58. The van der Waals surface area contributed by atoms with Crippen LogP contribution in [0.1, 0.15) is 15.9 Å². The molecule has 26 heavy (non-hydrogen) atoms. The van der Waals surface area contributed by atoms with Crippen molar-refractivity contribution >= 4 is 17.8 Å². The Morgan fingerprint density at radius 1 is 1.15 bits per heavy atom. The standard InChI is InChI=1S/C16H15F3N2O5/c1-25-13(22)6-12-14(23)21-8-11(7-20-12)26-15(24)9-2-4-10(5-3-9)16(17,18)19/h2-6,11,20H,7-8H2,1H3,(H,21,23). The molecule has 1 aliphatic heterocycles. The Kier molecular flexibility index (Phi) is 5.86. The lowest BCUT2D eigenvalue weighted by Gasteiger charge is -2.15. The van der Waals surface area contributed by atoms with Crippen LogP contribution in [0.15, 0.2) is 36.0 Å². The number of nitrogens with one attached hydrogen (secondary N) is 2. The van der Waals surface area contributed by atoms with Crippen LogP contribution < -0.4 is 10.6 Å². The highest BCUT2D eigenvalue weighted by Crippen LogP contribution is 2.29. The maximum atomic E-state index is 12.5. The van der Waals surface area contributed by atoms with Crippen molar-refractivity contribution in [2.24, 2.45) is 0 Å². The number of benzene rings is 1. The number of methoxy groups -OCH3 is 1. The molecule has 1 aliphatic rings. The minimum atomic E-state index is -4.50. The third-order valence-corrected chi connectivity index (χ3v) is 3.44. The van der Waals surface area contributed by atoms with E-state index in [1.54, 1.807) is 0 Å². The maximum Gasteiger partial charge on any atom is 0.416 e. The van der Waals surface area contributed by atoms with Crippen molar-refractivity contribution < 1.29 is 37.0 Å². The summed E-state index contributed by atoms with van der Waals surface area (Å²) in [6.07, 6.45) is -4.33. The van der Waals surface area contributed by atoms with Gasteiger partial charge in [0.1, 0.15) is 11.8 Å². The Balaban J connectivity index is 2.00. The van der Waals surface area contributed by atoms with Gasteiger partial charge in [-0.15, -0.1) is 0 Å². The van der Waals surface area contributed by atoms with Crippen molar-refractivity contribution in [3.8, 4) is 0 Å². The highest BCUT2D eigenvalue weighted by atomic mass is 19.4. The predicted octanol–water partition coefficient (Wildman–Crippen LogP) is 1.01. The van der Waals surface area contributed by atoms with Crippen LogP contribution in [0.5, 0.6) is 0 Å². The second-order valence-electron chi connectivity index (χ2n) is 5.27. The van der Waals surface area contributed by atoms with Gasteiger partial charge in [-0.05, 0) is 24.3 Å². The predicted molar refractivity (Wildman–Crippen MR) is 81.8 cm³/mol. The van der Waals surface area contributed by atoms with Crippen molar-refractivity contribution in [1.29, 1.82) is 0 Å². The van der Waals surface area contributed by atoms with Crippen molar-refractivity contribution in [3.05, 3.63) is 47.2 Å². The highest BCUT2D eigenvalue weighted by Gasteiger charge is 2.30. The van der Waals surface area contributed by atoms with Crippen LogP contribution in [-0.4, -0.2) is 44.1 Å².